The van der Waals surface area contributed by atoms with Gasteiger partial charge in [-0.05, 0) is 0 Å². The van der Waals surface area contributed by atoms with E-state index >= 15 is 0 Å². The van der Waals surface area contributed by atoms with Crippen LogP contribution in [0.15, 0.2) is 0 Å². The minimum Gasteiger partial charge on any atom is -0.463 e. The number of rotatable bonds is 6. The van der Waals surface area contributed by atoms with Crippen LogP contribution in [0, 0.1) is 0 Å². The minimum absolute atomic E-state index is 0.161. The quantitative estimate of drug-likeness (QED) is 0.616. The second kappa shape index (κ2) is 6.90. The average Bonchev–Trinajstić information content (AvgIpc) is 2.63. The van der Waals surface area contributed by atoms with E-state index in [1.807, 2.05) is 0 Å². The van der Waals surface area contributed by atoms with Crippen LogP contribution in [0.1, 0.15) is 6.92 Å². The van der Waals surface area contributed by atoms with Crippen molar-refractivity contribution < 1.29 is 28.5 Å². The van der Waals surface area contributed by atoms with Gasteiger partial charge in [0.25, 0.3) is 0 Å². The van der Waals surface area contributed by atoms with Crippen LogP contribution < -0.4 is 0 Å². The van der Waals surface area contributed by atoms with Crippen LogP contribution in [0.3, 0.4) is 0 Å². The first kappa shape index (κ1) is 14.4. The van der Waals surface area contributed by atoms with Gasteiger partial charge in [0.05, 0.1) is 6.61 Å². The summed E-state index contributed by atoms with van der Waals surface area (Å²) in [6, 6.07) is 0. The number of methoxy groups -OCH3 is 3. The summed E-state index contributed by atoms with van der Waals surface area (Å²) in [5.41, 5.74) is 0. The predicted octanol–water partition coefficient (Wildman–Crippen LogP) is -0.00670. The van der Waals surface area contributed by atoms with Gasteiger partial charge in [-0.3, -0.25) is 4.79 Å². The van der Waals surface area contributed by atoms with Crippen molar-refractivity contribution in [2.24, 2.45) is 0 Å². The van der Waals surface area contributed by atoms with Gasteiger partial charge in [-0.2, -0.15) is 0 Å². The summed E-state index contributed by atoms with van der Waals surface area (Å²) in [6.45, 7) is 1.93. The summed E-state index contributed by atoms with van der Waals surface area (Å²) in [4.78, 5) is 10.8. The van der Waals surface area contributed by atoms with Crippen molar-refractivity contribution >= 4 is 5.97 Å². The Morgan fingerprint density at radius 3 is 2.00 bits per heavy atom. The molecule has 0 N–H and O–H groups in total. The highest BCUT2D eigenvalue weighted by molar-refractivity contribution is 5.65. The summed E-state index contributed by atoms with van der Waals surface area (Å²) in [5, 5.41) is 0. The third-order valence-corrected chi connectivity index (χ3v) is 2.73. The molecule has 1 aliphatic heterocycles. The van der Waals surface area contributed by atoms with Crippen molar-refractivity contribution in [3.05, 3.63) is 0 Å². The van der Waals surface area contributed by atoms with E-state index in [0.717, 1.165) is 0 Å². The zero-order valence-electron chi connectivity index (χ0n) is 10.7. The van der Waals surface area contributed by atoms with Crippen molar-refractivity contribution in [1.82, 2.24) is 0 Å². The van der Waals surface area contributed by atoms with E-state index in [-0.39, 0.29) is 37.0 Å². The fourth-order valence-electron chi connectivity index (χ4n) is 2.01. The molecule has 1 heterocycles. The van der Waals surface area contributed by atoms with E-state index < -0.39 is 0 Å². The fourth-order valence-corrected chi connectivity index (χ4v) is 2.01. The van der Waals surface area contributed by atoms with Crippen LogP contribution in [-0.4, -0.2) is 64.9 Å². The highest BCUT2D eigenvalue weighted by Crippen LogP contribution is 2.26. The summed E-state index contributed by atoms with van der Waals surface area (Å²) in [6.07, 6.45) is -1.02. The maximum atomic E-state index is 10.8. The third-order valence-electron chi connectivity index (χ3n) is 2.73. The Bertz CT molecular complexity index is 244. The maximum absolute atomic E-state index is 10.8. The highest BCUT2D eigenvalue weighted by atomic mass is 16.6. The molecule has 0 aliphatic carbocycles. The normalized spacial score (nSPS) is 32.7. The topological polar surface area (TPSA) is 63.2 Å². The van der Waals surface area contributed by atoms with Gasteiger partial charge in [-0.1, -0.05) is 0 Å². The molecule has 0 aromatic rings. The van der Waals surface area contributed by atoms with E-state index in [9.17, 15) is 4.79 Å². The first-order valence-corrected chi connectivity index (χ1v) is 5.47. The predicted molar refractivity (Wildman–Crippen MR) is 58.8 cm³/mol. The number of esters is 1. The molecule has 0 amide bonds. The van der Waals surface area contributed by atoms with Crippen LogP contribution in [0.5, 0.6) is 0 Å². The van der Waals surface area contributed by atoms with Gasteiger partial charge in [-0.25, -0.2) is 0 Å². The number of ether oxygens (including phenoxy) is 5. The van der Waals surface area contributed by atoms with Crippen LogP contribution in [0.4, 0.5) is 0 Å². The van der Waals surface area contributed by atoms with Crippen molar-refractivity contribution in [3.63, 3.8) is 0 Å². The van der Waals surface area contributed by atoms with Gasteiger partial charge in [-0.15, -0.1) is 0 Å². The molecule has 0 spiro atoms. The molecule has 4 atom stereocenters. The Balaban J connectivity index is 2.61. The van der Waals surface area contributed by atoms with Crippen LogP contribution >= 0.6 is 0 Å². The zero-order valence-corrected chi connectivity index (χ0v) is 10.7. The molecule has 0 aromatic heterocycles. The molecule has 6 nitrogen and oxygen atoms in total. The molecule has 0 unspecified atom stereocenters. The molecule has 0 saturated carbocycles. The first-order valence-electron chi connectivity index (χ1n) is 5.47. The molecule has 1 fully saturated rings. The van der Waals surface area contributed by atoms with Crippen molar-refractivity contribution in [3.8, 4) is 0 Å². The summed E-state index contributed by atoms with van der Waals surface area (Å²) < 4.78 is 26.4. The Hall–Kier alpha value is -0.690. The van der Waals surface area contributed by atoms with Crippen LogP contribution in [0.25, 0.3) is 0 Å². The monoisotopic (exact) mass is 248 g/mol. The SMILES string of the molecule is COC[C@H]1O[C@H](COC(C)=O)[C@@H](OC)[C@@H]1OC. The first-order chi connectivity index (χ1) is 8.13. The van der Waals surface area contributed by atoms with E-state index in [1.165, 1.54) is 6.92 Å². The lowest BCUT2D eigenvalue weighted by Crippen LogP contribution is -2.38. The van der Waals surface area contributed by atoms with Gasteiger partial charge in [0.1, 0.15) is 31.0 Å². The number of hydrogen-bond acceptors (Lipinski definition) is 6. The lowest BCUT2D eigenvalue weighted by molar-refractivity contribution is -0.147. The number of carbonyl (C=O) groups is 1. The maximum Gasteiger partial charge on any atom is 0.302 e. The lowest BCUT2D eigenvalue weighted by Gasteiger charge is -2.21. The molecule has 1 rings (SSSR count). The molecular formula is C11H20O6. The summed E-state index contributed by atoms with van der Waals surface area (Å²) in [5.74, 6) is -0.340. The Morgan fingerprint density at radius 1 is 1.06 bits per heavy atom. The second-order valence-corrected chi connectivity index (χ2v) is 3.87. The summed E-state index contributed by atoms with van der Waals surface area (Å²) in [7, 11) is 4.77. The third kappa shape index (κ3) is 3.64. The van der Waals surface area contributed by atoms with Gasteiger partial charge in [0.2, 0.25) is 0 Å². The van der Waals surface area contributed by atoms with Crippen molar-refractivity contribution in [1.29, 1.82) is 0 Å². The second-order valence-electron chi connectivity index (χ2n) is 3.87. The van der Waals surface area contributed by atoms with E-state index in [2.05, 4.69) is 0 Å². The molecule has 0 bridgehead atoms. The average molecular weight is 248 g/mol. The molecule has 6 heteroatoms. The smallest absolute Gasteiger partial charge is 0.302 e. The molecule has 0 radical (unpaired) electrons. The molecule has 0 aromatic carbocycles. The Labute approximate surface area is 101 Å². The zero-order chi connectivity index (χ0) is 12.8. The van der Waals surface area contributed by atoms with Crippen LogP contribution in [0.2, 0.25) is 0 Å². The fraction of sp³-hybridized carbons (Fsp3) is 0.909. The number of hydrogen-bond donors (Lipinski definition) is 0. The largest absolute Gasteiger partial charge is 0.463 e. The van der Waals surface area contributed by atoms with Gasteiger partial charge in [0.15, 0.2) is 0 Å². The van der Waals surface area contributed by atoms with E-state index in [1.54, 1.807) is 21.3 Å². The minimum atomic E-state index is -0.340. The molecule has 1 saturated heterocycles. The molecular weight excluding hydrogens is 228 g/mol. The van der Waals surface area contributed by atoms with Gasteiger partial charge < -0.3 is 23.7 Å². The van der Waals surface area contributed by atoms with E-state index in [4.69, 9.17) is 23.7 Å². The number of carbonyl (C=O) groups excluding carboxylic acids is 1. The molecule has 1 aliphatic rings. The highest BCUT2D eigenvalue weighted by Gasteiger charge is 2.45. The Kier molecular flexibility index (Phi) is 5.84. The van der Waals surface area contributed by atoms with Crippen molar-refractivity contribution in [2.75, 3.05) is 34.5 Å². The lowest BCUT2D eigenvalue weighted by atomic mass is 10.1. The van der Waals surface area contributed by atoms with Gasteiger partial charge >= 0.3 is 5.97 Å². The summed E-state index contributed by atoms with van der Waals surface area (Å²) >= 11 is 0. The van der Waals surface area contributed by atoms with E-state index in [0.29, 0.717) is 6.61 Å². The molecule has 100 valence electrons. The van der Waals surface area contributed by atoms with Crippen molar-refractivity contribution in [2.45, 2.75) is 31.3 Å². The standard InChI is InChI=1S/C11H20O6/c1-7(12)16-6-9-11(15-4)10(14-3)8(17-9)5-13-2/h8-11H,5-6H2,1-4H3/t8-,9-,10-,11-/m1/s1. The molecule has 17 heavy (non-hydrogen) atoms. The Morgan fingerprint density at radius 2 is 1.59 bits per heavy atom. The van der Waals surface area contributed by atoms with Gasteiger partial charge in [0, 0.05) is 28.3 Å². The van der Waals surface area contributed by atoms with Crippen LogP contribution in [-0.2, 0) is 28.5 Å².